The maximum absolute atomic E-state index is 11.7. The van der Waals surface area contributed by atoms with Crippen LogP contribution in [-0.2, 0) is 16.1 Å². The zero-order valence-electron chi connectivity index (χ0n) is 17.5. The topological polar surface area (TPSA) is 82.0 Å². The van der Waals surface area contributed by atoms with Crippen LogP contribution in [0.15, 0.2) is 19.8 Å². The van der Waals surface area contributed by atoms with Gasteiger partial charge < -0.3 is 5.11 Å². The number of nitrogens with zero attached hydrogens (tertiary/aromatic N) is 5. The summed E-state index contributed by atoms with van der Waals surface area (Å²) in [5.41, 5.74) is 2.21. The molecule has 10 heteroatoms. The van der Waals surface area contributed by atoms with E-state index in [0.717, 1.165) is 67.8 Å². The van der Waals surface area contributed by atoms with Gasteiger partial charge in [-0.05, 0) is 0 Å². The van der Waals surface area contributed by atoms with Crippen LogP contribution in [0.1, 0.15) is 10.7 Å². The van der Waals surface area contributed by atoms with Crippen molar-refractivity contribution in [3.8, 4) is 0 Å². The predicted molar refractivity (Wildman–Crippen MR) is 124 cm³/mol. The Kier molecular flexibility index (Phi) is 6.61. The predicted octanol–water partition coefficient (Wildman–Crippen LogP) is 0.469. The number of aromatic nitrogens is 2. The molecule has 0 unspecified atom stereocenters. The molecule has 2 saturated heterocycles. The van der Waals surface area contributed by atoms with Crippen molar-refractivity contribution in [1.29, 1.82) is 0 Å². The Hall–Kier alpha value is -1.46. The number of aliphatic hydroxyl groups excluding tert-OH is 1. The van der Waals surface area contributed by atoms with Gasteiger partial charge in [-0.1, -0.05) is 0 Å². The van der Waals surface area contributed by atoms with Crippen molar-refractivity contribution in [2.24, 2.45) is 0 Å². The van der Waals surface area contributed by atoms with Crippen molar-refractivity contribution in [3.63, 3.8) is 0 Å². The number of carbonyl (C=O) groups excluding carboxylic acids is 1. The van der Waals surface area contributed by atoms with Crippen molar-refractivity contribution in [2.75, 3.05) is 64.0 Å². The molecule has 31 heavy (non-hydrogen) atoms. The van der Waals surface area contributed by atoms with Crippen LogP contribution in [0.4, 0.5) is 5.82 Å². The van der Waals surface area contributed by atoms with Crippen molar-refractivity contribution in [1.82, 2.24) is 19.8 Å². The van der Waals surface area contributed by atoms with Crippen molar-refractivity contribution in [3.05, 3.63) is 30.5 Å². The quantitative estimate of drug-likeness (QED) is 0.588. The van der Waals surface area contributed by atoms with Crippen molar-refractivity contribution < 1.29 is 14.6 Å². The van der Waals surface area contributed by atoms with Gasteiger partial charge in [-0.3, -0.25) is 4.79 Å². The molecule has 0 spiro atoms. The normalized spacial score (nSPS) is 19.7. The molecular weight excluding hydrogens is 517 g/mol. The van der Waals surface area contributed by atoms with E-state index in [1.807, 2.05) is 0 Å². The third-order valence-electron chi connectivity index (χ3n) is 5.98. The number of anilines is 1. The number of hydrogen-bond acceptors (Lipinski definition) is 8. The van der Waals surface area contributed by atoms with Gasteiger partial charge in [0, 0.05) is 0 Å². The van der Waals surface area contributed by atoms with Gasteiger partial charge in [0.15, 0.2) is 0 Å². The molecule has 0 atom stereocenters. The molecular formula is C21H26InN5O3S. The third kappa shape index (κ3) is 4.68. The monoisotopic (exact) mass is 543 g/mol. The van der Waals surface area contributed by atoms with Crippen molar-refractivity contribution in [2.45, 2.75) is 6.54 Å². The number of rotatable bonds is 5. The molecule has 2 aromatic heterocycles. The van der Waals surface area contributed by atoms with Crippen LogP contribution in [0.5, 0.6) is 0 Å². The Morgan fingerprint density at radius 1 is 1.16 bits per heavy atom. The molecule has 1 N–H and O–H groups in total. The van der Waals surface area contributed by atoms with Crippen LogP contribution in [0.2, 0.25) is 0 Å². The van der Waals surface area contributed by atoms with E-state index < -0.39 is 29.5 Å². The summed E-state index contributed by atoms with van der Waals surface area (Å²) in [4.78, 5) is 29.3. The molecule has 5 heterocycles. The van der Waals surface area contributed by atoms with Crippen LogP contribution in [0.25, 0.3) is 15.8 Å². The standard InChI is InChI=1S/C21H25N5O3S.In.H/c1-3-15(2)20-22-17-12-16(13-24-4-6-25(7-5-24)18(28)14-27)30-19(17)21(23-20)26-8-10-29-11-9-26;;/h1-3,12,27H,4-11,13-14H2;;. The van der Waals surface area contributed by atoms with E-state index >= 15 is 0 Å². The molecule has 8 nitrogen and oxygen atoms in total. The third-order valence-corrected chi connectivity index (χ3v) is 10.5. The second kappa shape index (κ2) is 9.58. The number of morpholine rings is 1. The van der Waals surface area contributed by atoms with Crippen LogP contribution in [-0.4, -0.2) is 113 Å². The summed E-state index contributed by atoms with van der Waals surface area (Å²) in [5, 5.41) is 9.07. The van der Waals surface area contributed by atoms with E-state index in [-0.39, 0.29) is 5.91 Å². The van der Waals surface area contributed by atoms with Gasteiger partial charge >= 0.3 is 175 Å². The Bertz CT molecular complexity index is 1030. The number of hydrogen-bond donors (Lipinski definition) is 1. The van der Waals surface area contributed by atoms with Crippen LogP contribution < -0.4 is 4.90 Å². The summed E-state index contributed by atoms with van der Waals surface area (Å²) in [6.45, 7) is 6.58. The molecule has 1 amide bonds. The number of allylic oxidation sites excluding steroid dienone is 2. The van der Waals surface area contributed by atoms with E-state index in [0.29, 0.717) is 13.1 Å². The fraction of sp³-hybridized carbons (Fsp3) is 0.476. The summed E-state index contributed by atoms with van der Waals surface area (Å²) < 4.78 is 11.4. The summed E-state index contributed by atoms with van der Waals surface area (Å²) in [6, 6.07) is 2.21. The molecule has 0 aliphatic carbocycles. The number of aliphatic hydroxyl groups is 1. The first-order chi connectivity index (χ1) is 15.2. The van der Waals surface area contributed by atoms with Gasteiger partial charge in [0.2, 0.25) is 5.91 Å². The Morgan fingerprint density at radius 2 is 1.97 bits per heavy atom. The molecule has 0 saturated carbocycles. The van der Waals surface area contributed by atoms with Gasteiger partial charge in [-0.15, -0.1) is 0 Å². The molecule has 3 aliphatic heterocycles. The number of carbonyl (C=O) groups is 1. The molecule has 3 aliphatic rings. The van der Waals surface area contributed by atoms with E-state index in [1.54, 1.807) is 16.2 Å². The fourth-order valence-corrected chi connectivity index (χ4v) is 8.55. The second-order valence-corrected chi connectivity index (χ2v) is 13.0. The van der Waals surface area contributed by atoms with Gasteiger partial charge in [-0.25, -0.2) is 0 Å². The molecule has 2 fully saturated rings. The van der Waals surface area contributed by atoms with E-state index in [2.05, 4.69) is 29.6 Å². The first kappa shape index (κ1) is 21.4. The summed E-state index contributed by atoms with van der Waals surface area (Å²) in [5.74, 6) is 1.70. The van der Waals surface area contributed by atoms with Gasteiger partial charge in [0.25, 0.3) is 0 Å². The first-order valence-electron chi connectivity index (χ1n) is 10.8. The molecule has 0 aromatic carbocycles. The number of piperazine rings is 1. The van der Waals surface area contributed by atoms with Gasteiger partial charge in [0.05, 0.1) is 0 Å². The molecule has 5 rings (SSSR count). The van der Waals surface area contributed by atoms with E-state index in [4.69, 9.17) is 19.8 Å². The Labute approximate surface area is 196 Å². The van der Waals surface area contributed by atoms with E-state index in [1.165, 1.54) is 10.5 Å². The number of thiophene rings is 1. The molecule has 162 valence electrons. The maximum atomic E-state index is 11.7. The Morgan fingerprint density at radius 3 is 2.68 bits per heavy atom. The average molecular weight is 543 g/mol. The molecule has 0 radical (unpaired) electrons. The minimum atomic E-state index is -0.877. The fourth-order valence-electron chi connectivity index (χ4n) is 4.26. The SMILES string of the molecule is O=C(CO)N1CCN(Cc2cc3nc(C4=[CH][InH][CH]=C4)nc(N4CCOCC4)c3s2)CC1. The zero-order chi connectivity index (χ0) is 21.2. The van der Waals surface area contributed by atoms with Gasteiger partial charge in [0.1, 0.15) is 6.61 Å². The minimum absolute atomic E-state index is 0.181. The Balaban J connectivity index is 1.40. The summed E-state index contributed by atoms with van der Waals surface area (Å²) in [7, 11) is 0. The summed E-state index contributed by atoms with van der Waals surface area (Å²) in [6.07, 6.45) is 2.20. The first-order valence-corrected chi connectivity index (χ1v) is 16.3. The number of fused-ring (bicyclic) bond motifs is 1. The molecule has 0 bridgehead atoms. The van der Waals surface area contributed by atoms with Gasteiger partial charge in [-0.2, -0.15) is 0 Å². The van der Waals surface area contributed by atoms with E-state index in [9.17, 15) is 4.79 Å². The van der Waals surface area contributed by atoms with Crippen LogP contribution >= 0.6 is 11.3 Å². The second-order valence-electron chi connectivity index (χ2n) is 8.01. The number of amides is 1. The summed E-state index contributed by atoms with van der Waals surface area (Å²) >= 11 is 0.903. The zero-order valence-corrected chi connectivity index (χ0v) is 22.3. The van der Waals surface area contributed by atoms with Crippen molar-refractivity contribution >= 4 is 61.8 Å². The number of ether oxygens (including phenoxy) is 1. The van der Waals surface area contributed by atoms with Crippen LogP contribution in [0.3, 0.4) is 0 Å². The van der Waals surface area contributed by atoms with Crippen LogP contribution in [0, 0.1) is 0 Å². The average Bonchev–Trinajstić information content (AvgIpc) is 3.49. The molecule has 2 aromatic rings.